The number of nitrogens with one attached hydrogen (secondary N) is 1. The number of rotatable bonds is 11. The van der Waals surface area contributed by atoms with Crippen molar-refractivity contribution in [3.05, 3.63) is 0 Å². The zero-order valence-electron chi connectivity index (χ0n) is 10.6. The summed E-state index contributed by atoms with van der Waals surface area (Å²) < 4.78 is 14.7. The highest BCUT2D eigenvalue weighted by molar-refractivity contribution is 7.98. The molecule has 1 amide bonds. The summed E-state index contributed by atoms with van der Waals surface area (Å²) in [5, 5.41) is 2.82. The fraction of sp³-hybridized carbons (Fsp3) is 0.900. The number of hydrogen-bond acceptors (Lipinski definition) is 4. The van der Waals surface area contributed by atoms with Gasteiger partial charge in [0.15, 0.2) is 0 Å². The first-order chi connectivity index (χ1) is 8.45. The first kappa shape index (κ1) is 17.9. The maximum atomic E-state index is 11.2. The van der Waals surface area contributed by atoms with Crippen LogP contribution in [0.1, 0.15) is 32.1 Å². The molecule has 108 valence electrons. The van der Waals surface area contributed by atoms with Crippen molar-refractivity contribution in [3.63, 3.8) is 0 Å². The summed E-state index contributed by atoms with van der Waals surface area (Å²) in [6.45, 7) is 0.733. The van der Waals surface area contributed by atoms with Crippen molar-refractivity contribution in [1.29, 1.82) is 0 Å². The largest absolute Gasteiger partial charge is 0.469 e. The average molecular weight is 299 g/mol. The average Bonchev–Trinajstić information content (AvgIpc) is 2.28. The van der Waals surface area contributed by atoms with E-state index < -0.39 is 7.82 Å². The van der Waals surface area contributed by atoms with Crippen molar-refractivity contribution in [2.75, 3.05) is 25.2 Å². The maximum Gasteiger partial charge on any atom is 0.469 e. The fourth-order valence-corrected chi connectivity index (χ4v) is 2.03. The number of amides is 1. The van der Waals surface area contributed by atoms with Gasteiger partial charge in [0.1, 0.15) is 0 Å². The molecule has 0 saturated carbocycles. The molecule has 0 saturated heterocycles. The minimum atomic E-state index is -4.31. The molecule has 18 heavy (non-hydrogen) atoms. The molecule has 0 unspecified atom stereocenters. The van der Waals surface area contributed by atoms with E-state index in [1.165, 1.54) is 0 Å². The molecule has 0 aliphatic heterocycles. The lowest BCUT2D eigenvalue weighted by atomic mass is 10.2. The Morgan fingerprint density at radius 3 is 2.56 bits per heavy atom. The lowest BCUT2D eigenvalue weighted by molar-refractivity contribution is -0.120. The number of unbranched alkanes of at least 4 members (excludes halogenated alkanes) is 3. The zero-order chi connectivity index (χ0) is 13.9. The van der Waals surface area contributed by atoms with Gasteiger partial charge in [0.25, 0.3) is 0 Å². The maximum absolute atomic E-state index is 11.2. The monoisotopic (exact) mass is 299 g/mol. The van der Waals surface area contributed by atoms with Crippen molar-refractivity contribution in [1.82, 2.24) is 5.32 Å². The Labute approximate surface area is 112 Å². The number of thioether (sulfide) groups is 1. The molecule has 0 radical (unpaired) electrons. The van der Waals surface area contributed by atoms with E-state index in [9.17, 15) is 9.36 Å². The van der Waals surface area contributed by atoms with Gasteiger partial charge in [-0.3, -0.25) is 9.32 Å². The zero-order valence-corrected chi connectivity index (χ0v) is 12.3. The van der Waals surface area contributed by atoms with Crippen LogP contribution in [0.5, 0.6) is 0 Å². The molecule has 0 aliphatic carbocycles. The van der Waals surface area contributed by atoms with Gasteiger partial charge < -0.3 is 15.1 Å². The molecular weight excluding hydrogens is 277 g/mol. The van der Waals surface area contributed by atoms with Gasteiger partial charge in [-0.1, -0.05) is 12.8 Å². The standard InChI is InChI=1S/C10H22NO5PS/c1-18-9-6-10(12)11-7-4-2-3-5-8-16-17(13,14)15/h2-9H2,1H3,(H,11,12)(H2,13,14,15). The molecule has 0 aromatic carbocycles. The van der Waals surface area contributed by atoms with Gasteiger partial charge in [-0.05, 0) is 19.1 Å². The van der Waals surface area contributed by atoms with Crippen LogP contribution in [0.4, 0.5) is 0 Å². The molecule has 0 aromatic rings. The van der Waals surface area contributed by atoms with Crippen LogP contribution in [0.25, 0.3) is 0 Å². The SMILES string of the molecule is CSCCC(=O)NCCCCCCOP(=O)(O)O. The smallest absolute Gasteiger partial charge is 0.356 e. The van der Waals surface area contributed by atoms with Crippen LogP contribution in [0.15, 0.2) is 0 Å². The van der Waals surface area contributed by atoms with Crippen LogP contribution in [-0.2, 0) is 13.9 Å². The van der Waals surface area contributed by atoms with Gasteiger partial charge in [-0.15, -0.1) is 0 Å². The summed E-state index contributed by atoms with van der Waals surface area (Å²) >= 11 is 1.65. The van der Waals surface area contributed by atoms with Crippen LogP contribution < -0.4 is 5.32 Å². The fourth-order valence-electron chi connectivity index (χ4n) is 1.28. The molecule has 8 heteroatoms. The van der Waals surface area contributed by atoms with Crippen LogP contribution in [0, 0.1) is 0 Å². The number of carbonyl (C=O) groups excluding carboxylic acids is 1. The van der Waals surface area contributed by atoms with Gasteiger partial charge in [-0.25, -0.2) is 4.57 Å². The highest BCUT2D eigenvalue weighted by Crippen LogP contribution is 2.35. The predicted octanol–water partition coefficient (Wildman–Crippen LogP) is 1.53. The lowest BCUT2D eigenvalue weighted by Gasteiger charge is -2.06. The van der Waals surface area contributed by atoms with Crippen molar-refractivity contribution in [2.24, 2.45) is 0 Å². The molecule has 0 spiro atoms. The normalized spacial score (nSPS) is 11.5. The lowest BCUT2D eigenvalue weighted by Crippen LogP contribution is -2.24. The van der Waals surface area contributed by atoms with E-state index in [1.807, 2.05) is 6.26 Å². The van der Waals surface area contributed by atoms with Gasteiger partial charge >= 0.3 is 7.82 Å². The number of phosphoric acid groups is 1. The minimum absolute atomic E-state index is 0.0738. The molecular formula is C10H22NO5PS. The Balaban J connectivity index is 3.21. The van der Waals surface area contributed by atoms with E-state index in [0.29, 0.717) is 19.4 Å². The molecule has 0 aliphatic rings. The van der Waals surface area contributed by atoms with Crippen LogP contribution in [0.2, 0.25) is 0 Å². The highest BCUT2D eigenvalue weighted by Gasteiger charge is 2.12. The van der Waals surface area contributed by atoms with Crippen LogP contribution >= 0.6 is 19.6 Å². The van der Waals surface area contributed by atoms with Crippen molar-refractivity contribution >= 4 is 25.5 Å². The van der Waals surface area contributed by atoms with Crippen LogP contribution in [-0.4, -0.2) is 40.9 Å². The summed E-state index contributed by atoms with van der Waals surface area (Å²) in [6.07, 6.45) is 5.75. The third-order valence-corrected chi connectivity index (χ3v) is 3.32. The second-order valence-corrected chi connectivity index (χ2v) is 6.06. The number of carbonyl (C=O) groups is 1. The topological polar surface area (TPSA) is 95.9 Å². The summed E-state index contributed by atoms with van der Waals surface area (Å²) in [6, 6.07) is 0. The van der Waals surface area contributed by atoms with E-state index >= 15 is 0 Å². The second kappa shape index (κ2) is 10.8. The third-order valence-electron chi connectivity index (χ3n) is 2.19. The van der Waals surface area contributed by atoms with Gasteiger partial charge in [0, 0.05) is 18.7 Å². The van der Waals surface area contributed by atoms with E-state index in [1.54, 1.807) is 11.8 Å². The van der Waals surface area contributed by atoms with Gasteiger partial charge in [0.05, 0.1) is 6.61 Å². The minimum Gasteiger partial charge on any atom is -0.356 e. The molecule has 0 atom stereocenters. The quantitative estimate of drug-likeness (QED) is 0.395. The number of hydrogen-bond donors (Lipinski definition) is 3. The first-order valence-corrected chi connectivity index (χ1v) is 8.84. The van der Waals surface area contributed by atoms with Gasteiger partial charge in [-0.2, -0.15) is 11.8 Å². The second-order valence-electron chi connectivity index (χ2n) is 3.83. The van der Waals surface area contributed by atoms with E-state index in [2.05, 4.69) is 9.84 Å². The van der Waals surface area contributed by atoms with Crippen molar-refractivity contribution in [2.45, 2.75) is 32.1 Å². The first-order valence-electron chi connectivity index (χ1n) is 5.91. The molecule has 0 heterocycles. The molecule has 6 nitrogen and oxygen atoms in total. The molecule has 3 N–H and O–H groups in total. The predicted molar refractivity (Wildman–Crippen MR) is 72.5 cm³/mol. The van der Waals surface area contributed by atoms with Crippen LogP contribution in [0.3, 0.4) is 0 Å². The molecule has 0 aromatic heterocycles. The molecule has 0 bridgehead atoms. The van der Waals surface area contributed by atoms with E-state index in [4.69, 9.17) is 9.79 Å². The Kier molecular flexibility index (Phi) is 10.8. The van der Waals surface area contributed by atoms with Crippen molar-refractivity contribution in [3.8, 4) is 0 Å². The van der Waals surface area contributed by atoms with E-state index in [-0.39, 0.29) is 12.5 Å². The third kappa shape index (κ3) is 14.0. The van der Waals surface area contributed by atoms with E-state index in [0.717, 1.165) is 25.0 Å². The summed E-state index contributed by atoms with van der Waals surface area (Å²) in [4.78, 5) is 28.1. The van der Waals surface area contributed by atoms with Gasteiger partial charge in [0.2, 0.25) is 5.91 Å². The summed E-state index contributed by atoms with van der Waals surface area (Å²) in [5.74, 6) is 0.917. The highest BCUT2D eigenvalue weighted by atomic mass is 32.2. The Morgan fingerprint density at radius 1 is 1.28 bits per heavy atom. The number of phosphoric ester groups is 1. The molecule has 0 rings (SSSR count). The molecule has 0 fully saturated rings. The van der Waals surface area contributed by atoms with Crippen molar-refractivity contribution < 1.29 is 23.7 Å². The Morgan fingerprint density at radius 2 is 1.94 bits per heavy atom. The summed E-state index contributed by atoms with van der Waals surface area (Å²) in [5.41, 5.74) is 0. The summed E-state index contributed by atoms with van der Waals surface area (Å²) in [7, 11) is -4.31. The Bertz CT molecular complexity index is 271. The Hall–Kier alpha value is -0.0700.